The van der Waals surface area contributed by atoms with Crippen molar-refractivity contribution in [2.24, 2.45) is 0 Å². The van der Waals surface area contributed by atoms with E-state index in [4.69, 9.17) is 19.9 Å². The Bertz CT molecular complexity index is 1800. The Morgan fingerprint density at radius 3 is 2.37 bits per heavy atom. The number of aliphatic hydroxyl groups excluding tert-OH is 1. The average molecular weight is 735 g/mol. The van der Waals surface area contributed by atoms with Gasteiger partial charge in [0.05, 0.1) is 36.8 Å². The third-order valence-electron chi connectivity index (χ3n) is 10.4. The Labute approximate surface area is 319 Å². The van der Waals surface area contributed by atoms with Gasteiger partial charge in [0, 0.05) is 51.1 Å². The Hall–Kier alpha value is -4.58. The molecule has 0 radical (unpaired) electrons. The lowest BCUT2D eigenvalue weighted by molar-refractivity contribution is -0.253. The van der Waals surface area contributed by atoms with Crippen molar-refractivity contribution in [3.05, 3.63) is 119 Å². The van der Waals surface area contributed by atoms with Crippen LogP contribution in [0.15, 0.2) is 97.1 Å². The highest BCUT2D eigenvalue weighted by Gasteiger charge is 2.35. The molecule has 4 aromatic carbocycles. The van der Waals surface area contributed by atoms with Crippen LogP contribution in [0.3, 0.4) is 0 Å². The lowest BCUT2D eigenvalue weighted by Gasteiger charge is -2.38. The fourth-order valence-corrected chi connectivity index (χ4v) is 7.37. The molecule has 2 amide bonds. The molecule has 2 heterocycles. The smallest absolute Gasteiger partial charge is 0.224 e. The Balaban J connectivity index is 1.00. The van der Waals surface area contributed by atoms with Gasteiger partial charge in [-0.1, -0.05) is 85.3 Å². The van der Waals surface area contributed by atoms with Crippen LogP contribution in [0.1, 0.15) is 86.0 Å². The highest BCUT2D eigenvalue weighted by Crippen LogP contribution is 2.39. The zero-order valence-electron chi connectivity index (χ0n) is 31.3. The van der Waals surface area contributed by atoms with Gasteiger partial charge in [-0.05, 0) is 78.2 Å². The summed E-state index contributed by atoms with van der Waals surface area (Å²) in [4.78, 5) is 27.3. The zero-order chi connectivity index (χ0) is 37.7. The number of para-hydroxylation sites is 2. The Morgan fingerprint density at radius 2 is 1.61 bits per heavy atom. The van der Waals surface area contributed by atoms with E-state index in [-0.39, 0.29) is 30.6 Å². The number of nitrogens with one attached hydrogen (secondary N) is 2. The van der Waals surface area contributed by atoms with E-state index >= 15 is 0 Å². The normalized spacial score (nSPS) is 20.1. The molecule has 0 aliphatic carbocycles. The van der Waals surface area contributed by atoms with Gasteiger partial charge < -0.3 is 35.7 Å². The van der Waals surface area contributed by atoms with Crippen LogP contribution in [-0.4, -0.2) is 60.8 Å². The minimum Gasteiger partial charge on any atom is -0.397 e. The number of hydrogen-bond donors (Lipinski definition) is 4. The number of aliphatic hydroxyl groups is 1. The molecule has 4 atom stereocenters. The maximum Gasteiger partial charge on any atom is 0.224 e. The monoisotopic (exact) mass is 734 g/mol. The van der Waals surface area contributed by atoms with Crippen LogP contribution in [-0.2, 0) is 37.0 Å². The minimum absolute atomic E-state index is 0.00125. The second-order valence-corrected chi connectivity index (χ2v) is 14.4. The maximum atomic E-state index is 12.6. The number of nitrogens with zero attached hydrogens (tertiary/aromatic N) is 1. The molecule has 54 heavy (non-hydrogen) atoms. The first kappa shape index (κ1) is 39.1. The lowest BCUT2D eigenvalue weighted by atomic mass is 9.98. The second kappa shape index (κ2) is 19.7. The number of amides is 2. The number of anilines is 2. The Kier molecular flexibility index (Phi) is 14.2. The summed E-state index contributed by atoms with van der Waals surface area (Å²) in [5.74, 6) is -0.0744. The SMILES string of the molecule is COC[C@@H]1CCCN1C[C@@H]1C[C@H](c2ccc(CO)cc2)O[C@H](c2ccc(-c3cccc(CNC(=O)CCCCCC(=O)Nc4ccccc4N)c3)cc2)O1. The molecule has 2 aliphatic rings. The molecular weight excluding hydrogens is 681 g/mol. The van der Waals surface area contributed by atoms with Gasteiger partial charge in [0.2, 0.25) is 11.8 Å². The summed E-state index contributed by atoms with van der Waals surface area (Å²) < 4.78 is 18.8. The lowest BCUT2D eigenvalue weighted by Crippen LogP contribution is -2.42. The third kappa shape index (κ3) is 11.0. The van der Waals surface area contributed by atoms with E-state index in [0.717, 1.165) is 85.2 Å². The number of benzene rings is 4. The topological polar surface area (TPSA) is 135 Å². The fraction of sp³-hybridized carbons (Fsp3) is 0.409. The molecule has 2 aliphatic heterocycles. The molecule has 6 rings (SSSR count). The molecule has 2 fully saturated rings. The summed E-state index contributed by atoms with van der Waals surface area (Å²) in [6, 6.07) is 32.2. The quantitative estimate of drug-likeness (QED) is 0.0657. The molecule has 4 aromatic rings. The van der Waals surface area contributed by atoms with Crippen LogP contribution >= 0.6 is 0 Å². The number of rotatable bonds is 17. The first-order valence-corrected chi connectivity index (χ1v) is 19.2. The number of hydrogen-bond acceptors (Lipinski definition) is 8. The van der Waals surface area contributed by atoms with Gasteiger partial charge in [0.15, 0.2) is 6.29 Å². The number of methoxy groups -OCH3 is 1. The van der Waals surface area contributed by atoms with Crippen molar-refractivity contribution in [3.63, 3.8) is 0 Å². The zero-order valence-corrected chi connectivity index (χ0v) is 31.3. The number of nitrogens with two attached hydrogens (primary N) is 1. The van der Waals surface area contributed by atoms with Crippen molar-refractivity contribution in [2.45, 2.75) is 89.1 Å². The summed E-state index contributed by atoms with van der Waals surface area (Å²) >= 11 is 0. The van der Waals surface area contributed by atoms with Crippen LogP contribution in [0.5, 0.6) is 0 Å². The van der Waals surface area contributed by atoms with Crippen LogP contribution in [0.4, 0.5) is 11.4 Å². The van der Waals surface area contributed by atoms with Crippen molar-refractivity contribution in [3.8, 4) is 11.1 Å². The van der Waals surface area contributed by atoms with Crippen LogP contribution in [0.2, 0.25) is 0 Å². The van der Waals surface area contributed by atoms with Crippen LogP contribution in [0, 0.1) is 0 Å². The van der Waals surface area contributed by atoms with Crippen LogP contribution in [0.25, 0.3) is 11.1 Å². The molecule has 5 N–H and O–H groups in total. The first-order valence-electron chi connectivity index (χ1n) is 19.2. The van der Waals surface area contributed by atoms with E-state index < -0.39 is 6.29 Å². The number of carbonyl (C=O) groups excluding carboxylic acids is 2. The van der Waals surface area contributed by atoms with Gasteiger partial charge in [0.25, 0.3) is 0 Å². The predicted octanol–water partition coefficient (Wildman–Crippen LogP) is 7.29. The third-order valence-corrected chi connectivity index (χ3v) is 10.4. The number of carbonyl (C=O) groups is 2. The standard InChI is InChI=1S/C44H54N4O6/c1-52-30-37-11-8-24-48(37)28-38-26-41(34-18-16-31(29-49)17-19-34)54-44(53-38)35-22-20-33(21-23-35)36-10-7-9-32(25-36)27-46-42(50)14-3-2-4-15-43(51)47-40-13-6-5-12-39(40)45/h5-7,9-10,12-13,16-23,25,37-38,41,44,49H,2-4,8,11,14-15,24,26-30,45H2,1H3,(H,46,50)(H,47,51)/t37-,38-,41+,44+/m0/s1. The summed E-state index contributed by atoms with van der Waals surface area (Å²) in [7, 11) is 1.77. The summed E-state index contributed by atoms with van der Waals surface area (Å²) in [6.07, 6.45) is 5.41. The van der Waals surface area contributed by atoms with Gasteiger partial charge in [-0.2, -0.15) is 0 Å². The average Bonchev–Trinajstić information content (AvgIpc) is 3.64. The number of nitrogen functional groups attached to an aromatic ring is 1. The molecule has 10 heteroatoms. The minimum atomic E-state index is -0.517. The van der Waals surface area contributed by atoms with E-state index in [1.54, 1.807) is 19.2 Å². The van der Waals surface area contributed by atoms with Crippen molar-refractivity contribution < 1.29 is 28.9 Å². The van der Waals surface area contributed by atoms with Gasteiger partial charge >= 0.3 is 0 Å². The first-order chi connectivity index (χ1) is 26.4. The largest absolute Gasteiger partial charge is 0.397 e. The molecular formula is C44H54N4O6. The molecule has 0 spiro atoms. The summed E-state index contributed by atoms with van der Waals surface area (Å²) in [5.41, 5.74) is 13.1. The highest BCUT2D eigenvalue weighted by atomic mass is 16.7. The van der Waals surface area contributed by atoms with Crippen LogP contribution < -0.4 is 16.4 Å². The molecule has 0 aromatic heterocycles. The fourth-order valence-electron chi connectivity index (χ4n) is 7.37. The molecule has 10 nitrogen and oxygen atoms in total. The maximum absolute atomic E-state index is 12.6. The van der Waals surface area contributed by atoms with E-state index in [0.29, 0.717) is 43.2 Å². The van der Waals surface area contributed by atoms with Gasteiger partial charge in [-0.3, -0.25) is 14.5 Å². The highest BCUT2D eigenvalue weighted by molar-refractivity contribution is 5.93. The Morgan fingerprint density at radius 1 is 0.852 bits per heavy atom. The molecule has 0 saturated carbocycles. The molecule has 0 bridgehead atoms. The summed E-state index contributed by atoms with van der Waals surface area (Å²) in [5, 5.41) is 15.5. The van der Waals surface area contributed by atoms with E-state index in [9.17, 15) is 14.7 Å². The summed E-state index contributed by atoms with van der Waals surface area (Å²) in [6.45, 7) is 3.05. The van der Waals surface area contributed by atoms with E-state index in [1.165, 1.54) is 0 Å². The second-order valence-electron chi connectivity index (χ2n) is 14.4. The molecule has 2 saturated heterocycles. The predicted molar refractivity (Wildman–Crippen MR) is 211 cm³/mol. The molecule has 286 valence electrons. The van der Waals surface area contributed by atoms with Gasteiger partial charge in [0.1, 0.15) is 0 Å². The van der Waals surface area contributed by atoms with Crippen molar-refractivity contribution in [2.75, 3.05) is 37.9 Å². The van der Waals surface area contributed by atoms with E-state index in [2.05, 4.69) is 51.9 Å². The number of likely N-dealkylation sites (tertiary alicyclic amines) is 1. The van der Waals surface area contributed by atoms with E-state index in [1.807, 2.05) is 48.5 Å². The van der Waals surface area contributed by atoms with Gasteiger partial charge in [-0.25, -0.2) is 0 Å². The van der Waals surface area contributed by atoms with Crippen molar-refractivity contribution in [1.82, 2.24) is 10.2 Å². The van der Waals surface area contributed by atoms with Crippen molar-refractivity contribution in [1.29, 1.82) is 0 Å². The number of unbranched alkanes of at least 4 members (excludes halogenated alkanes) is 2. The van der Waals surface area contributed by atoms with Crippen molar-refractivity contribution >= 4 is 23.2 Å². The van der Waals surface area contributed by atoms with Gasteiger partial charge in [-0.15, -0.1) is 0 Å². The molecule has 0 unspecified atom stereocenters. The number of ether oxygens (including phenoxy) is 3.